The molecule has 3 rings (SSSR count). The van der Waals surface area contributed by atoms with Crippen LogP contribution in [0.2, 0.25) is 25.2 Å². The maximum absolute atomic E-state index is 6.47. The lowest BCUT2D eigenvalue weighted by Crippen LogP contribution is -2.45. The van der Waals surface area contributed by atoms with Gasteiger partial charge >= 0.3 is 0 Å². The molecule has 3 atom stereocenters. The molecule has 0 bridgehead atoms. The van der Waals surface area contributed by atoms with Gasteiger partial charge in [0.25, 0.3) is 0 Å². The molecule has 0 aliphatic heterocycles. The van der Waals surface area contributed by atoms with Crippen molar-refractivity contribution in [2.75, 3.05) is 0 Å². The topological polar surface area (TPSA) is 18.5 Å². The van der Waals surface area contributed by atoms with E-state index in [0.29, 0.717) is 18.8 Å². The van der Waals surface area contributed by atoms with E-state index in [4.69, 9.17) is 9.47 Å². The van der Waals surface area contributed by atoms with Crippen molar-refractivity contribution in [1.82, 2.24) is 0 Å². The van der Waals surface area contributed by atoms with Crippen LogP contribution in [0.5, 0.6) is 0 Å². The van der Waals surface area contributed by atoms with E-state index in [1.807, 2.05) is 12.1 Å². The summed E-state index contributed by atoms with van der Waals surface area (Å²) < 4.78 is 12.8. The molecule has 3 heteroatoms. The van der Waals surface area contributed by atoms with Gasteiger partial charge < -0.3 is 9.47 Å². The minimum Gasteiger partial charge on any atom is -0.371 e. The van der Waals surface area contributed by atoms with Crippen LogP contribution in [-0.4, -0.2) is 20.3 Å². The van der Waals surface area contributed by atoms with Crippen molar-refractivity contribution in [3.8, 4) is 0 Å². The Labute approximate surface area is 158 Å². The molecule has 0 fully saturated rings. The second kappa shape index (κ2) is 8.80. The molecule has 26 heavy (non-hydrogen) atoms. The molecule has 3 unspecified atom stereocenters. The van der Waals surface area contributed by atoms with E-state index in [0.717, 1.165) is 6.42 Å². The van der Waals surface area contributed by atoms with Crippen molar-refractivity contribution in [3.05, 3.63) is 83.9 Å². The van der Waals surface area contributed by atoms with E-state index in [-0.39, 0.29) is 12.2 Å². The van der Waals surface area contributed by atoms with E-state index < -0.39 is 8.07 Å². The molecule has 2 nitrogen and oxygen atoms in total. The lowest BCUT2D eigenvalue weighted by atomic mass is 10.00. The van der Waals surface area contributed by atoms with Gasteiger partial charge in [-0.15, -0.1) is 0 Å². The Bertz CT molecular complexity index is 691. The van der Waals surface area contributed by atoms with Crippen molar-refractivity contribution in [3.63, 3.8) is 0 Å². The normalized spacial score (nSPS) is 23.1. The van der Waals surface area contributed by atoms with Crippen LogP contribution in [0.1, 0.15) is 17.5 Å². The first-order chi connectivity index (χ1) is 12.5. The van der Waals surface area contributed by atoms with Crippen LogP contribution in [0.3, 0.4) is 0 Å². The number of ether oxygens (including phenoxy) is 2. The summed E-state index contributed by atoms with van der Waals surface area (Å²) in [4.78, 5) is 0. The molecule has 1 aliphatic rings. The highest BCUT2D eigenvalue weighted by Gasteiger charge is 2.39. The highest BCUT2D eigenvalue weighted by atomic mass is 28.3. The Kier molecular flexibility index (Phi) is 6.46. The van der Waals surface area contributed by atoms with Crippen LogP contribution in [0.25, 0.3) is 0 Å². The summed E-state index contributed by atoms with van der Waals surface area (Å²) in [5, 5.41) is 0. The molecule has 0 amide bonds. The van der Waals surface area contributed by atoms with Crippen molar-refractivity contribution in [2.24, 2.45) is 0 Å². The fourth-order valence-corrected chi connectivity index (χ4v) is 5.54. The van der Waals surface area contributed by atoms with E-state index >= 15 is 0 Å². The maximum Gasteiger partial charge on any atom is 0.0882 e. The van der Waals surface area contributed by atoms with Gasteiger partial charge in [-0.2, -0.15) is 0 Å². The van der Waals surface area contributed by atoms with Gasteiger partial charge in [0.2, 0.25) is 0 Å². The Morgan fingerprint density at radius 1 is 0.808 bits per heavy atom. The Morgan fingerprint density at radius 3 is 1.88 bits per heavy atom. The smallest absolute Gasteiger partial charge is 0.0882 e. The van der Waals surface area contributed by atoms with Crippen molar-refractivity contribution >= 4 is 8.07 Å². The molecule has 0 spiro atoms. The lowest BCUT2D eigenvalue weighted by Gasteiger charge is -2.40. The van der Waals surface area contributed by atoms with Gasteiger partial charge in [0, 0.05) is 5.54 Å². The third-order valence-electron chi connectivity index (χ3n) is 5.02. The zero-order chi connectivity index (χ0) is 18.4. The van der Waals surface area contributed by atoms with E-state index in [1.165, 1.54) is 11.1 Å². The fourth-order valence-electron chi connectivity index (χ4n) is 3.53. The van der Waals surface area contributed by atoms with Gasteiger partial charge in [0.15, 0.2) is 0 Å². The molecule has 0 saturated heterocycles. The highest BCUT2D eigenvalue weighted by molar-refractivity contribution is 6.78. The zero-order valence-corrected chi connectivity index (χ0v) is 17.1. The summed E-state index contributed by atoms with van der Waals surface area (Å²) >= 11 is 0. The monoisotopic (exact) mass is 366 g/mol. The predicted molar refractivity (Wildman–Crippen MR) is 111 cm³/mol. The Balaban J connectivity index is 1.71. The second-order valence-electron chi connectivity index (χ2n) is 8.15. The van der Waals surface area contributed by atoms with Gasteiger partial charge in [0.05, 0.1) is 33.5 Å². The quantitative estimate of drug-likeness (QED) is 0.454. The number of hydrogen-bond donors (Lipinski definition) is 0. The average Bonchev–Trinajstić information content (AvgIpc) is 2.66. The Hall–Kier alpha value is -1.68. The first-order valence-electron chi connectivity index (χ1n) is 9.52. The Morgan fingerprint density at radius 2 is 1.35 bits per heavy atom. The molecule has 0 heterocycles. The van der Waals surface area contributed by atoms with Crippen LogP contribution >= 0.6 is 0 Å². The standard InChI is InChI=1S/C23H30O2Si/c1-26(2,3)22-16-10-15-21(24-17-19-11-6-4-7-12-19)23(22)25-18-20-13-8-5-9-14-20/h4-14,16,21-23H,15,17-18H2,1-3H3. The molecular formula is C23H30O2Si. The van der Waals surface area contributed by atoms with Crippen LogP contribution in [0, 0.1) is 0 Å². The summed E-state index contributed by atoms with van der Waals surface area (Å²) in [5.41, 5.74) is 2.91. The molecule has 138 valence electrons. The van der Waals surface area contributed by atoms with E-state index in [9.17, 15) is 0 Å². The molecular weight excluding hydrogens is 336 g/mol. The first-order valence-corrected chi connectivity index (χ1v) is 13.1. The second-order valence-corrected chi connectivity index (χ2v) is 13.6. The molecule has 2 aromatic rings. The summed E-state index contributed by atoms with van der Waals surface area (Å²) in [6.45, 7) is 8.54. The number of benzene rings is 2. The molecule has 1 aliphatic carbocycles. The lowest BCUT2D eigenvalue weighted by molar-refractivity contribution is -0.0861. The van der Waals surface area contributed by atoms with Gasteiger partial charge in [-0.05, 0) is 17.5 Å². The van der Waals surface area contributed by atoms with Gasteiger partial charge in [-0.1, -0.05) is 92.5 Å². The minimum absolute atomic E-state index is 0.112. The van der Waals surface area contributed by atoms with Crippen molar-refractivity contribution < 1.29 is 9.47 Å². The molecule has 0 aromatic heterocycles. The predicted octanol–water partition coefficient (Wildman–Crippen LogP) is 5.83. The van der Waals surface area contributed by atoms with Gasteiger partial charge in [-0.3, -0.25) is 0 Å². The van der Waals surface area contributed by atoms with E-state index in [1.54, 1.807) is 0 Å². The highest BCUT2D eigenvalue weighted by Crippen LogP contribution is 2.37. The van der Waals surface area contributed by atoms with E-state index in [2.05, 4.69) is 80.3 Å². The summed E-state index contributed by atoms with van der Waals surface area (Å²) in [5.74, 6) is 0. The molecule has 0 N–H and O–H groups in total. The zero-order valence-electron chi connectivity index (χ0n) is 16.1. The first kappa shape index (κ1) is 19.1. The minimum atomic E-state index is -1.40. The van der Waals surface area contributed by atoms with Gasteiger partial charge in [-0.25, -0.2) is 0 Å². The summed E-state index contributed by atoms with van der Waals surface area (Å²) in [7, 11) is -1.40. The molecule has 2 aromatic carbocycles. The van der Waals surface area contributed by atoms with Crippen LogP contribution in [0.15, 0.2) is 72.8 Å². The van der Waals surface area contributed by atoms with Crippen LogP contribution in [-0.2, 0) is 22.7 Å². The third-order valence-corrected chi connectivity index (χ3v) is 7.55. The fraction of sp³-hybridized carbons (Fsp3) is 0.391. The SMILES string of the molecule is C[Si](C)(C)C1C=CCC(OCc2ccccc2)C1OCc1ccccc1. The summed E-state index contributed by atoms with van der Waals surface area (Å²) in [6, 6.07) is 20.8. The third kappa shape index (κ3) is 5.16. The maximum atomic E-state index is 6.47. The average molecular weight is 367 g/mol. The molecule has 0 saturated carbocycles. The van der Waals surface area contributed by atoms with Crippen molar-refractivity contribution in [1.29, 1.82) is 0 Å². The number of hydrogen-bond acceptors (Lipinski definition) is 2. The summed E-state index contributed by atoms with van der Waals surface area (Å²) in [6.07, 6.45) is 5.83. The largest absolute Gasteiger partial charge is 0.371 e. The van der Waals surface area contributed by atoms with Crippen LogP contribution in [0.4, 0.5) is 0 Å². The van der Waals surface area contributed by atoms with Gasteiger partial charge in [0.1, 0.15) is 0 Å². The number of rotatable bonds is 7. The molecule has 0 radical (unpaired) electrons. The van der Waals surface area contributed by atoms with Crippen LogP contribution < -0.4 is 0 Å². The van der Waals surface area contributed by atoms with Crippen molar-refractivity contribution in [2.45, 2.75) is 57.0 Å².